The molecule has 0 aliphatic carbocycles. The molecule has 0 unspecified atom stereocenters. The van der Waals surface area contributed by atoms with Crippen LogP contribution < -0.4 is 10.9 Å². The highest BCUT2D eigenvalue weighted by Crippen LogP contribution is 2.26. The van der Waals surface area contributed by atoms with E-state index in [1.54, 1.807) is 19.2 Å². The minimum atomic E-state index is -0.572. The Hall–Kier alpha value is -3.15. The summed E-state index contributed by atoms with van der Waals surface area (Å²) < 4.78 is 6.61. The molecule has 2 aromatic carbocycles. The molecule has 1 heterocycles. The molecule has 0 spiro atoms. The molecule has 134 valence electrons. The maximum Gasteiger partial charge on any atom is 0.412 e. The van der Waals surface area contributed by atoms with E-state index in [0.29, 0.717) is 16.8 Å². The van der Waals surface area contributed by atoms with Crippen molar-refractivity contribution in [3.8, 4) is 11.3 Å². The smallest absolute Gasteiger partial charge is 0.412 e. The summed E-state index contributed by atoms with van der Waals surface area (Å²) in [5.74, 6) is 0. The third kappa shape index (κ3) is 3.74. The molecule has 1 N–H and O–H groups in total. The Kier molecular flexibility index (Phi) is 4.50. The molecular formula is C20H21N3O3. The first kappa shape index (κ1) is 17.7. The first-order chi connectivity index (χ1) is 12.2. The Morgan fingerprint density at radius 3 is 2.46 bits per heavy atom. The van der Waals surface area contributed by atoms with E-state index < -0.39 is 11.7 Å². The number of nitrogens with zero attached hydrogens (tertiary/aromatic N) is 2. The molecule has 0 saturated carbocycles. The monoisotopic (exact) mass is 351 g/mol. The van der Waals surface area contributed by atoms with Gasteiger partial charge in [0.2, 0.25) is 0 Å². The summed E-state index contributed by atoms with van der Waals surface area (Å²) in [5.41, 5.74) is 1.35. The summed E-state index contributed by atoms with van der Waals surface area (Å²) >= 11 is 0. The molecular weight excluding hydrogens is 330 g/mol. The van der Waals surface area contributed by atoms with Gasteiger partial charge in [0.05, 0.1) is 11.1 Å². The summed E-state index contributed by atoms with van der Waals surface area (Å²) in [7, 11) is 1.63. The van der Waals surface area contributed by atoms with E-state index in [9.17, 15) is 9.59 Å². The van der Waals surface area contributed by atoms with Gasteiger partial charge in [0.1, 0.15) is 5.60 Å². The van der Waals surface area contributed by atoms with Crippen LogP contribution in [0.4, 0.5) is 10.5 Å². The molecule has 0 bridgehead atoms. The van der Waals surface area contributed by atoms with Crippen LogP contribution in [0.1, 0.15) is 20.8 Å². The fourth-order valence-electron chi connectivity index (χ4n) is 2.68. The lowest BCUT2D eigenvalue weighted by molar-refractivity contribution is 0.0636. The van der Waals surface area contributed by atoms with Gasteiger partial charge in [-0.2, -0.15) is 5.10 Å². The Bertz CT molecular complexity index is 1030. The fraction of sp³-hybridized carbons (Fsp3) is 0.250. The predicted octanol–water partition coefficient (Wildman–Crippen LogP) is 3.95. The van der Waals surface area contributed by atoms with E-state index in [2.05, 4.69) is 10.4 Å². The van der Waals surface area contributed by atoms with Gasteiger partial charge in [0.15, 0.2) is 0 Å². The Morgan fingerprint density at radius 2 is 1.77 bits per heavy atom. The molecule has 1 aromatic heterocycles. The average Bonchev–Trinajstić information content (AvgIpc) is 2.56. The van der Waals surface area contributed by atoms with Gasteiger partial charge in [0.25, 0.3) is 5.56 Å². The van der Waals surface area contributed by atoms with E-state index in [-0.39, 0.29) is 5.56 Å². The molecule has 0 atom stereocenters. The van der Waals surface area contributed by atoms with Crippen LogP contribution in [-0.2, 0) is 11.8 Å². The second-order valence-electron chi connectivity index (χ2n) is 7.03. The first-order valence-corrected chi connectivity index (χ1v) is 8.31. The molecule has 3 rings (SSSR count). The fourth-order valence-corrected chi connectivity index (χ4v) is 2.68. The number of rotatable bonds is 2. The maximum absolute atomic E-state index is 12.3. The predicted molar refractivity (Wildman–Crippen MR) is 102 cm³/mol. The minimum Gasteiger partial charge on any atom is -0.444 e. The quantitative estimate of drug-likeness (QED) is 0.759. The van der Waals surface area contributed by atoms with Gasteiger partial charge in [-0.05, 0) is 39.0 Å². The molecule has 0 fully saturated rings. The summed E-state index contributed by atoms with van der Waals surface area (Å²) in [4.78, 5) is 24.3. The molecule has 0 radical (unpaired) electrons. The molecule has 26 heavy (non-hydrogen) atoms. The number of anilines is 1. The lowest BCUT2D eigenvalue weighted by atomic mass is 10.0. The molecule has 0 saturated heterocycles. The number of nitrogens with one attached hydrogen (secondary N) is 1. The largest absolute Gasteiger partial charge is 0.444 e. The molecule has 1 amide bonds. The number of hydrogen-bond acceptors (Lipinski definition) is 4. The van der Waals surface area contributed by atoms with Crippen molar-refractivity contribution in [1.29, 1.82) is 0 Å². The van der Waals surface area contributed by atoms with Gasteiger partial charge >= 0.3 is 6.09 Å². The minimum absolute atomic E-state index is 0.146. The van der Waals surface area contributed by atoms with Crippen LogP contribution in [0.2, 0.25) is 0 Å². The number of amides is 1. The standard InChI is InChI=1S/C20H21N3O3/c1-20(2,3)26-19(25)21-14-9-7-8-13(12-14)17-15-10-5-6-11-16(15)18(24)23(4)22-17/h5-12H,1-4H3,(H,21,25). The maximum atomic E-state index is 12.3. The molecule has 0 aliphatic rings. The van der Waals surface area contributed by atoms with E-state index in [0.717, 1.165) is 10.9 Å². The van der Waals surface area contributed by atoms with Crippen molar-refractivity contribution in [2.75, 3.05) is 5.32 Å². The number of carbonyl (C=O) groups excluding carboxylic acids is 1. The van der Waals surface area contributed by atoms with Crippen LogP contribution in [0.25, 0.3) is 22.0 Å². The highest BCUT2D eigenvalue weighted by atomic mass is 16.6. The third-order valence-corrected chi connectivity index (χ3v) is 3.74. The van der Waals surface area contributed by atoms with Gasteiger partial charge in [-0.15, -0.1) is 0 Å². The van der Waals surface area contributed by atoms with Crippen LogP contribution in [0.5, 0.6) is 0 Å². The Morgan fingerprint density at radius 1 is 1.08 bits per heavy atom. The highest BCUT2D eigenvalue weighted by Gasteiger charge is 2.17. The third-order valence-electron chi connectivity index (χ3n) is 3.74. The SMILES string of the molecule is Cn1nc(-c2cccc(NC(=O)OC(C)(C)C)c2)c2ccccc2c1=O. The zero-order valence-corrected chi connectivity index (χ0v) is 15.2. The van der Waals surface area contributed by atoms with Gasteiger partial charge in [-0.25, -0.2) is 9.48 Å². The summed E-state index contributed by atoms with van der Waals surface area (Å²) in [6.45, 7) is 5.43. The van der Waals surface area contributed by atoms with Crippen LogP contribution in [0.15, 0.2) is 53.3 Å². The number of benzene rings is 2. The van der Waals surface area contributed by atoms with Crippen molar-refractivity contribution in [2.45, 2.75) is 26.4 Å². The van der Waals surface area contributed by atoms with Crippen molar-refractivity contribution in [2.24, 2.45) is 7.05 Å². The zero-order chi connectivity index (χ0) is 18.9. The van der Waals surface area contributed by atoms with Crippen LogP contribution in [-0.4, -0.2) is 21.5 Å². The molecule has 0 aliphatic heterocycles. The lowest BCUT2D eigenvalue weighted by Crippen LogP contribution is -2.27. The van der Waals surface area contributed by atoms with Crippen LogP contribution >= 0.6 is 0 Å². The number of ether oxygens (including phenoxy) is 1. The topological polar surface area (TPSA) is 73.2 Å². The second-order valence-corrected chi connectivity index (χ2v) is 7.03. The Balaban J connectivity index is 2.02. The molecule has 6 nitrogen and oxygen atoms in total. The summed E-state index contributed by atoms with van der Waals surface area (Å²) in [6.07, 6.45) is -0.520. The van der Waals surface area contributed by atoms with Crippen molar-refractivity contribution in [1.82, 2.24) is 9.78 Å². The van der Waals surface area contributed by atoms with Crippen molar-refractivity contribution < 1.29 is 9.53 Å². The van der Waals surface area contributed by atoms with Crippen molar-refractivity contribution in [3.63, 3.8) is 0 Å². The number of carbonyl (C=O) groups is 1. The Labute approximate surface area is 151 Å². The summed E-state index contributed by atoms with van der Waals surface area (Å²) in [5, 5.41) is 8.51. The number of aryl methyl sites for hydroxylation is 1. The second kappa shape index (κ2) is 6.63. The van der Waals surface area contributed by atoms with E-state index in [4.69, 9.17) is 4.74 Å². The lowest BCUT2D eigenvalue weighted by Gasteiger charge is -2.19. The van der Waals surface area contributed by atoms with E-state index in [1.165, 1.54) is 4.68 Å². The van der Waals surface area contributed by atoms with E-state index in [1.807, 2.05) is 57.2 Å². The molecule has 6 heteroatoms. The summed E-state index contributed by atoms with van der Waals surface area (Å²) in [6, 6.07) is 14.6. The van der Waals surface area contributed by atoms with E-state index >= 15 is 0 Å². The van der Waals surface area contributed by atoms with Crippen LogP contribution in [0.3, 0.4) is 0 Å². The zero-order valence-electron chi connectivity index (χ0n) is 15.2. The van der Waals surface area contributed by atoms with Crippen LogP contribution in [0, 0.1) is 0 Å². The number of hydrogen-bond donors (Lipinski definition) is 1. The van der Waals surface area contributed by atoms with Gasteiger partial charge < -0.3 is 4.74 Å². The number of aromatic nitrogens is 2. The van der Waals surface area contributed by atoms with Gasteiger partial charge in [0, 0.05) is 23.7 Å². The first-order valence-electron chi connectivity index (χ1n) is 8.31. The molecule has 3 aromatic rings. The van der Waals surface area contributed by atoms with Gasteiger partial charge in [-0.3, -0.25) is 10.1 Å². The average molecular weight is 351 g/mol. The normalized spacial score (nSPS) is 11.4. The van der Waals surface area contributed by atoms with Gasteiger partial charge in [-0.1, -0.05) is 30.3 Å². The highest BCUT2D eigenvalue weighted by molar-refractivity contribution is 5.95. The van der Waals surface area contributed by atoms with Crippen molar-refractivity contribution >= 4 is 22.6 Å². The van der Waals surface area contributed by atoms with Crippen molar-refractivity contribution in [3.05, 3.63) is 58.9 Å². The number of fused-ring (bicyclic) bond motifs is 1.